The zero-order chi connectivity index (χ0) is 16.0. The van der Waals surface area contributed by atoms with E-state index in [9.17, 15) is 14.4 Å². The third kappa shape index (κ3) is 4.89. The van der Waals surface area contributed by atoms with E-state index in [4.69, 9.17) is 9.84 Å². The van der Waals surface area contributed by atoms with Gasteiger partial charge in [-0.3, -0.25) is 14.4 Å². The lowest BCUT2D eigenvalue weighted by atomic mass is 9.98. The van der Waals surface area contributed by atoms with E-state index in [2.05, 4.69) is 5.32 Å². The van der Waals surface area contributed by atoms with Gasteiger partial charge in [-0.2, -0.15) is 0 Å². The molecule has 0 aromatic rings. The van der Waals surface area contributed by atoms with Crippen LogP contribution in [0.15, 0.2) is 0 Å². The summed E-state index contributed by atoms with van der Waals surface area (Å²) in [5.74, 6) is -0.412. The van der Waals surface area contributed by atoms with Crippen LogP contribution in [0.1, 0.15) is 26.7 Å². The number of rotatable bonds is 7. The summed E-state index contributed by atoms with van der Waals surface area (Å²) in [6.07, 6.45) is 0.100. The van der Waals surface area contributed by atoms with Gasteiger partial charge in [-0.05, 0) is 6.92 Å². The summed E-state index contributed by atoms with van der Waals surface area (Å²) in [6.45, 7) is 3.46. The molecule has 2 unspecified atom stereocenters. The van der Waals surface area contributed by atoms with Crippen LogP contribution in [0, 0.1) is 0 Å². The molecule has 2 amide bonds. The lowest BCUT2D eigenvalue weighted by Crippen LogP contribution is -2.57. The van der Waals surface area contributed by atoms with E-state index >= 15 is 0 Å². The first-order valence-electron chi connectivity index (χ1n) is 6.73. The van der Waals surface area contributed by atoms with Crippen LogP contribution in [-0.2, 0) is 19.1 Å². The third-order valence-corrected chi connectivity index (χ3v) is 4.25. The number of nitrogens with one attached hydrogen (secondary N) is 1. The number of nitrogens with zero attached hydrogens (tertiary/aromatic N) is 1. The smallest absolute Gasteiger partial charge is 0.305 e. The van der Waals surface area contributed by atoms with Crippen LogP contribution in [0.5, 0.6) is 0 Å². The Morgan fingerprint density at radius 1 is 1.48 bits per heavy atom. The van der Waals surface area contributed by atoms with Crippen molar-refractivity contribution >= 4 is 29.5 Å². The average Bonchev–Trinajstić information content (AvgIpc) is 2.85. The average molecular weight is 318 g/mol. The van der Waals surface area contributed by atoms with Crippen molar-refractivity contribution in [3.63, 3.8) is 0 Å². The van der Waals surface area contributed by atoms with Gasteiger partial charge in [-0.1, -0.05) is 6.92 Å². The van der Waals surface area contributed by atoms with E-state index in [-0.39, 0.29) is 24.8 Å². The van der Waals surface area contributed by atoms with E-state index in [0.29, 0.717) is 18.1 Å². The van der Waals surface area contributed by atoms with E-state index in [1.165, 1.54) is 23.8 Å². The van der Waals surface area contributed by atoms with Crippen molar-refractivity contribution in [3.05, 3.63) is 0 Å². The van der Waals surface area contributed by atoms with Crippen LogP contribution in [0.25, 0.3) is 0 Å². The minimum Gasteiger partial charge on any atom is -0.481 e. The van der Waals surface area contributed by atoms with Gasteiger partial charge in [0, 0.05) is 19.3 Å². The first-order chi connectivity index (χ1) is 9.83. The van der Waals surface area contributed by atoms with Gasteiger partial charge in [0.15, 0.2) is 0 Å². The van der Waals surface area contributed by atoms with Gasteiger partial charge in [-0.25, -0.2) is 0 Å². The van der Waals surface area contributed by atoms with Crippen molar-refractivity contribution in [1.82, 2.24) is 10.2 Å². The molecule has 0 bridgehead atoms. The molecule has 1 saturated heterocycles. The number of thioether (sulfide) groups is 1. The highest BCUT2D eigenvalue weighted by atomic mass is 32.2. The zero-order valence-corrected chi connectivity index (χ0v) is 13.4. The molecule has 0 aliphatic carbocycles. The van der Waals surface area contributed by atoms with Gasteiger partial charge in [0.2, 0.25) is 11.8 Å². The number of aliphatic carboxylic acids is 1. The van der Waals surface area contributed by atoms with Crippen molar-refractivity contribution in [2.45, 2.75) is 38.3 Å². The fraction of sp³-hybridized carbons (Fsp3) is 0.769. The number of carbonyl (C=O) groups excluding carboxylic acids is 2. The summed E-state index contributed by atoms with van der Waals surface area (Å²) in [5.41, 5.74) is -0.994. The van der Waals surface area contributed by atoms with Gasteiger partial charge in [0.05, 0.1) is 24.4 Å². The Balaban J connectivity index is 2.76. The molecule has 0 spiro atoms. The fourth-order valence-electron chi connectivity index (χ4n) is 2.27. The Bertz CT molecular complexity index is 417. The molecule has 21 heavy (non-hydrogen) atoms. The van der Waals surface area contributed by atoms with E-state index in [1.54, 1.807) is 13.8 Å². The first kappa shape index (κ1) is 17.8. The van der Waals surface area contributed by atoms with Crippen molar-refractivity contribution in [1.29, 1.82) is 0 Å². The second-order valence-electron chi connectivity index (χ2n) is 5.29. The summed E-state index contributed by atoms with van der Waals surface area (Å²) < 4.78 is 5.00. The molecule has 1 fully saturated rings. The van der Waals surface area contributed by atoms with Crippen LogP contribution in [0.4, 0.5) is 0 Å². The van der Waals surface area contributed by atoms with Gasteiger partial charge in [-0.15, -0.1) is 11.8 Å². The maximum absolute atomic E-state index is 12.4. The Kier molecular flexibility index (Phi) is 6.47. The first-order valence-corrected chi connectivity index (χ1v) is 7.88. The largest absolute Gasteiger partial charge is 0.481 e. The number of hydrogen-bond acceptors (Lipinski definition) is 5. The Labute approximate surface area is 128 Å². The molecule has 2 atom stereocenters. The molecule has 1 aliphatic heterocycles. The number of hydrogen-bond donors (Lipinski definition) is 2. The SMILES string of the molecule is CCC(=O)N1CSCC1C(=O)NC(C)(COC)CC(=O)O. The molecule has 8 heteroatoms. The predicted molar refractivity (Wildman–Crippen MR) is 78.9 cm³/mol. The predicted octanol–water partition coefficient (Wildman–Crippen LogP) is 0.294. The molecule has 1 heterocycles. The number of carboxylic acids is 1. The highest BCUT2D eigenvalue weighted by Crippen LogP contribution is 2.23. The Hall–Kier alpha value is -1.28. The number of carbonyl (C=O) groups is 3. The van der Waals surface area contributed by atoms with Crippen molar-refractivity contribution in [2.75, 3.05) is 25.3 Å². The molecular formula is C13H22N2O5S. The Morgan fingerprint density at radius 2 is 2.14 bits per heavy atom. The topological polar surface area (TPSA) is 95.9 Å². The monoisotopic (exact) mass is 318 g/mol. The van der Waals surface area contributed by atoms with Crippen molar-refractivity contribution in [3.8, 4) is 0 Å². The van der Waals surface area contributed by atoms with Crippen molar-refractivity contribution in [2.24, 2.45) is 0 Å². The lowest BCUT2D eigenvalue weighted by Gasteiger charge is -2.31. The summed E-state index contributed by atoms with van der Waals surface area (Å²) >= 11 is 1.51. The second kappa shape index (κ2) is 7.65. The van der Waals surface area contributed by atoms with Crippen LogP contribution >= 0.6 is 11.8 Å². The summed E-state index contributed by atoms with van der Waals surface area (Å²) in [7, 11) is 1.45. The second-order valence-corrected chi connectivity index (χ2v) is 6.29. The molecule has 1 rings (SSSR count). The van der Waals surface area contributed by atoms with Gasteiger partial charge in [0.25, 0.3) is 0 Å². The van der Waals surface area contributed by atoms with Crippen LogP contribution in [-0.4, -0.2) is 64.7 Å². The molecule has 2 N–H and O–H groups in total. The quantitative estimate of drug-likeness (QED) is 0.700. The minimum atomic E-state index is -1.02. The standard InChI is InChI=1S/C13H22N2O5S/c1-4-10(16)15-8-21-6-9(15)12(19)14-13(2,7-20-3)5-11(17)18/h9H,4-8H2,1-3H3,(H,14,19)(H,17,18). The number of methoxy groups -OCH3 is 1. The molecular weight excluding hydrogens is 296 g/mol. The van der Waals surface area contributed by atoms with Crippen molar-refractivity contribution < 1.29 is 24.2 Å². The molecule has 120 valence electrons. The van der Waals surface area contributed by atoms with Crippen LogP contribution in [0.2, 0.25) is 0 Å². The summed E-state index contributed by atoms with van der Waals surface area (Å²) in [5, 5.41) is 11.7. The molecule has 0 aromatic heterocycles. The molecule has 7 nitrogen and oxygen atoms in total. The molecule has 0 saturated carbocycles. The van der Waals surface area contributed by atoms with Crippen LogP contribution < -0.4 is 5.32 Å². The maximum atomic E-state index is 12.4. The Morgan fingerprint density at radius 3 is 2.67 bits per heavy atom. The third-order valence-electron chi connectivity index (χ3n) is 3.24. The van der Waals surface area contributed by atoms with Gasteiger partial charge >= 0.3 is 5.97 Å². The molecule has 0 radical (unpaired) electrons. The van der Waals surface area contributed by atoms with E-state index in [1.807, 2.05) is 0 Å². The zero-order valence-electron chi connectivity index (χ0n) is 12.5. The van der Waals surface area contributed by atoms with E-state index in [0.717, 1.165) is 0 Å². The van der Waals surface area contributed by atoms with Gasteiger partial charge in [0.1, 0.15) is 6.04 Å². The number of ether oxygens (including phenoxy) is 1. The summed E-state index contributed by atoms with van der Waals surface area (Å²) in [6, 6.07) is -0.549. The maximum Gasteiger partial charge on any atom is 0.305 e. The summed E-state index contributed by atoms with van der Waals surface area (Å²) in [4.78, 5) is 36.7. The normalized spacial score (nSPS) is 20.9. The highest BCUT2D eigenvalue weighted by Gasteiger charge is 2.38. The lowest BCUT2D eigenvalue weighted by molar-refractivity contribution is -0.142. The van der Waals surface area contributed by atoms with Gasteiger partial charge < -0.3 is 20.1 Å². The highest BCUT2D eigenvalue weighted by molar-refractivity contribution is 7.99. The number of amides is 2. The molecule has 1 aliphatic rings. The van der Waals surface area contributed by atoms with Crippen LogP contribution in [0.3, 0.4) is 0 Å². The fourth-order valence-corrected chi connectivity index (χ4v) is 3.45. The number of carboxylic acid groups (broad SMARTS) is 1. The molecule has 0 aromatic carbocycles. The van der Waals surface area contributed by atoms with E-state index < -0.39 is 17.6 Å². The minimum absolute atomic E-state index is 0.0770.